The van der Waals surface area contributed by atoms with Crippen LogP contribution in [-0.4, -0.2) is 26.7 Å². The molecular weight excluding hydrogens is 254 g/mol. The molecule has 0 radical (unpaired) electrons. The van der Waals surface area contributed by atoms with Crippen LogP contribution in [-0.2, 0) is 24.9 Å². The van der Waals surface area contributed by atoms with Gasteiger partial charge in [0.1, 0.15) is 5.54 Å². The second kappa shape index (κ2) is 4.37. The third kappa shape index (κ3) is 1.91. The molecule has 1 aliphatic rings. The van der Waals surface area contributed by atoms with Gasteiger partial charge in [-0.15, -0.1) is 0 Å². The number of carbonyl (C=O) groups excluding carboxylic acids is 1. The van der Waals surface area contributed by atoms with Crippen LogP contribution in [0.3, 0.4) is 0 Å². The number of nitrogens with two attached hydrogens (primary N) is 1. The van der Waals surface area contributed by atoms with E-state index in [2.05, 4.69) is 0 Å². The highest BCUT2D eigenvalue weighted by Crippen LogP contribution is 2.35. The molecule has 0 aromatic heterocycles. The molecule has 1 aliphatic heterocycles. The van der Waals surface area contributed by atoms with Crippen LogP contribution in [0, 0.1) is 0 Å². The molecule has 1 unspecified atom stereocenters. The van der Waals surface area contributed by atoms with Crippen LogP contribution in [0.5, 0.6) is 0 Å². The maximum atomic E-state index is 12.0. The predicted octanol–water partition coefficient (Wildman–Crippen LogP) is 0.581. The first-order valence-corrected chi connectivity index (χ1v) is 7.35. The Balaban J connectivity index is 2.58. The lowest BCUT2D eigenvalue weighted by molar-refractivity contribution is -0.150. The first kappa shape index (κ1) is 13.0. The van der Waals surface area contributed by atoms with Gasteiger partial charge < -0.3 is 10.5 Å². The summed E-state index contributed by atoms with van der Waals surface area (Å²) in [5, 5.41) is 0. The fraction of sp³-hybridized carbons (Fsp3) is 0.417. The average molecular weight is 269 g/mol. The number of hydrogen-bond donors (Lipinski definition) is 1. The van der Waals surface area contributed by atoms with E-state index in [0.29, 0.717) is 5.56 Å². The van der Waals surface area contributed by atoms with Crippen molar-refractivity contribution >= 4 is 15.8 Å². The molecule has 1 heterocycles. The second-order valence-corrected chi connectivity index (χ2v) is 6.33. The molecule has 6 heteroatoms. The van der Waals surface area contributed by atoms with Crippen molar-refractivity contribution < 1.29 is 17.9 Å². The Kier molecular flexibility index (Phi) is 3.16. The zero-order valence-electron chi connectivity index (χ0n) is 10.0. The molecule has 1 aromatic carbocycles. The fourth-order valence-corrected chi connectivity index (χ4v) is 3.80. The summed E-state index contributed by atoms with van der Waals surface area (Å²) in [5.41, 5.74) is 5.05. The number of sulfone groups is 1. The summed E-state index contributed by atoms with van der Waals surface area (Å²) in [4.78, 5) is 12.1. The van der Waals surface area contributed by atoms with Gasteiger partial charge in [-0.05, 0) is 19.4 Å². The fourth-order valence-electron chi connectivity index (χ4n) is 2.12. The van der Waals surface area contributed by atoms with Crippen molar-refractivity contribution in [2.24, 2.45) is 5.73 Å². The van der Waals surface area contributed by atoms with Crippen molar-refractivity contribution in [3.63, 3.8) is 0 Å². The van der Waals surface area contributed by atoms with Crippen LogP contribution in [0.4, 0.5) is 0 Å². The Labute approximate surface area is 106 Å². The lowest BCUT2D eigenvalue weighted by Crippen LogP contribution is -2.50. The van der Waals surface area contributed by atoms with Crippen molar-refractivity contribution in [1.82, 2.24) is 0 Å². The van der Waals surface area contributed by atoms with Crippen LogP contribution in [0.2, 0.25) is 0 Å². The molecule has 2 N–H and O–H groups in total. The van der Waals surface area contributed by atoms with E-state index in [1.807, 2.05) is 0 Å². The van der Waals surface area contributed by atoms with Gasteiger partial charge in [0.25, 0.3) is 0 Å². The summed E-state index contributed by atoms with van der Waals surface area (Å²) >= 11 is 0. The summed E-state index contributed by atoms with van der Waals surface area (Å²) < 4.78 is 28.8. The number of rotatable bonds is 2. The topological polar surface area (TPSA) is 86.5 Å². The Morgan fingerprint density at radius 3 is 2.78 bits per heavy atom. The van der Waals surface area contributed by atoms with E-state index >= 15 is 0 Å². The molecule has 0 fully saturated rings. The largest absolute Gasteiger partial charge is 0.464 e. The molecule has 0 saturated heterocycles. The Bertz CT molecular complexity index is 581. The number of benzene rings is 1. The van der Waals surface area contributed by atoms with Crippen LogP contribution < -0.4 is 5.73 Å². The molecule has 0 aliphatic carbocycles. The van der Waals surface area contributed by atoms with E-state index in [-0.39, 0.29) is 23.7 Å². The summed E-state index contributed by atoms with van der Waals surface area (Å²) in [7, 11) is -3.35. The molecule has 98 valence electrons. The normalized spacial score (nSPS) is 25.2. The Morgan fingerprint density at radius 2 is 2.11 bits per heavy atom. The van der Waals surface area contributed by atoms with Gasteiger partial charge in [0, 0.05) is 5.56 Å². The standard InChI is InChI=1S/C12H15NO4S/c1-2-17-11(14)12(13)7-8-18(15,16)10-6-4-3-5-9(10)12/h3-6H,2,7-8,13H2,1H3. The van der Waals surface area contributed by atoms with E-state index in [9.17, 15) is 13.2 Å². The highest BCUT2D eigenvalue weighted by Gasteiger charge is 2.45. The quantitative estimate of drug-likeness (QED) is 0.794. The lowest BCUT2D eigenvalue weighted by atomic mass is 9.88. The van der Waals surface area contributed by atoms with Gasteiger partial charge in [-0.2, -0.15) is 0 Å². The minimum Gasteiger partial charge on any atom is -0.464 e. The first-order chi connectivity index (χ1) is 8.42. The Hall–Kier alpha value is -1.40. The van der Waals surface area contributed by atoms with Crippen LogP contribution in [0.25, 0.3) is 0 Å². The minimum absolute atomic E-state index is 0.0468. The van der Waals surface area contributed by atoms with Gasteiger partial charge in [-0.3, -0.25) is 0 Å². The molecule has 2 rings (SSSR count). The van der Waals surface area contributed by atoms with Crippen molar-refractivity contribution in [3.8, 4) is 0 Å². The summed E-state index contributed by atoms with van der Waals surface area (Å²) in [6.07, 6.45) is 0.0468. The third-order valence-corrected chi connectivity index (χ3v) is 4.88. The molecule has 18 heavy (non-hydrogen) atoms. The van der Waals surface area contributed by atoms with Crippen molar-refractivity contribution in [3.05, 3.63) is 29.8 Å². The van der Waals surface area contributed by atoms with Crippen LogP contribution in [0.1, 0.15) is 18.9 Å². The van der Waals surface area contributed by atoms with Crippen LogP contribution in [0.15, 0.2) is 29.2 Å². The minimum atomic E-state index is -3.35. The molecule has 0 bridgehead atoms. The van der Waals surface area contributed by atoms with Gasteiger partial charge in [0.15, 0.2) is 9.84 Å². The van der Waals surface area contributed by atoms with E-state index in [0.717, 1.165) is 0 Å². The van der Waals surface area contributed by atoms with Crippen molar-refractivity contribution in [2.45, 2.75) is 23.8 Å². The lowest BCUT2D eigenvalue weighted by Gasteiger charge is -2.32. The highest BCUT2D eigenvalue weighted by molar-refractivity contribution is 7.91. The number of esters is 1. The van der Waals surface area contributed by atoms with Gasteiger partial charge in [-0.25, -0.2) is 13.2 Å². The molecule has 0 spiro atoms. The van der Waals surface area contributed by atoms with Crippen molar-refractivity contribution in [2.75, 3.05) is 12.4 Å². The van der Waals surface area contributed by atoms with Gasteiger partial charge in [0.2, 0.25) is 0 Å². The van der Waals surface area contributed by atoms with Gasteiger partial charge in [-0.1, -0.05) is 18.2 Å². The van der Waals surface area contributed by atoms with Gasteiger partial charge in [0.05, 0.1) is 17.3 Å². The van der Waals surface area contributed by atoms with E-state index in [1.54, 1.807) is 25.1 Å². The SMILES string of the molecule is CCOC(=O)C1(N)CCS(=O)(=O)c2ccccc21. The zero-order valence-corrected chi connectivity index (χ0v) is 10.9. The second-order valence-electron chi connectivity index (χ2n) is 4.26. The summed E-state index contributed by atoms with van der Waals surface area (Å²) in [6.45, 7) is 1.90. The molecule has 1 atom stereocenters. The van der Waals surface area contributed by atoms with E-state index in [1.165, 1.54) is 6.07 Å². The maximum Gasteiger partial charge on any atom is 0.330 e. The first-order valence-electron chi connectivity index (χ1n) is 5.70. The Morgan fingerprint density at radius 1 is 1.44 bits per heavy atom. The highest BCUT2D eigenvalue weighted by atomic mass is 32.2. The molecule has 5 nitrogen and oxygen atoms in total. The number of ether oxygens (including phenoxy) is 1. The number of hydrogen-bond acceptors (Lipinski definition) is 5. The molecule has 1 aromatic rings. The smallest absolute Gasteiger partial charge is 0.330 e. The van der Waals surface area contributed by atoms with Gasteiger partial charge >= 0.3 is 5.97 Å². The zero-order chi connectivity index (χ0) is 13.4. The predicted molar refractivity (Wildman–Crippen MR) is 65.6 cm³/mol. The summed E-state index contributed by atoms with van der Waals surface area (Å²) in [6, 6.07) is 6.33. The number of fused-ring (bicyclic) bond motifs is 1. The van der Waals surface area contributed by atoms with Crippen molar-refractivity contribution in [1.29, 1.82) is 0 Å². The molecule has 0 saturated carbocycles. The van der Waals surface area contributed by atoms with Crippen LogP contribution >= 0.6 is 0 Å². The summed E-state index contributed by atoms with van der Waals surface area (Å²) in [5.74, 6) is -0.716. The monoisotopic (exact) mass is 269 g/mol. The van der Waals surface area contributed by atoms with E-state index in [4.69, 9.17) is 10.5 Å². The molecule has 0 amide bonds. The molecular formula is C12H15NO4S. The average Bonchev–Trinajstić information content (AvgIpc) is 2.35. The third-order valence-electron chi connectivity index (χ3n) is 3.11. The number of carbonyl (C=O) groups is 1. The maximum absolute atomic E-state index is 12.0. The van der Waals surface area contributed by atoms with E-state index < -0.39 is 21.3 Å².